The Morgan fingerprint density at radius 3 is 2.76 bits per heavy atom. The van der Waals surface area contributed by atoms with Gasteiger partial charge in [-0.05, 0) is 25.5 Å². The van der Waals surface area contributed by atoms with Crippen molar-refractivity contribution in [2.45, 2.75) is 26.4 Å². The number of aryl methyl sites for hydroxylation is 1. The molecule has 0 unspecified atom stereocenters. The number of halogens is 1. The quantitative estimate of drug-likeness (QED) is 0.908. The molecule has 0 aliphatic carbocycles. The van der Waals surface area contributed by atoms with Crippen LogP contribution in [0.2, 0.25) is 5.02 Å². The van der Waals surface area contributed by atoms with Crippen LogP contribution in [-0.4, -0.2) is 10.3 Å². The minimum Gasteiger partial charge on any atom is -0.304 e. The van der Waals surface area contributed by atoms with Crippen molar-refractivity contribution in [3.8, 4) is 0 Å². The molecule has 0 saturated carbocycles. The molecule has 0 fully saturated rings. The van der Waals surface area contributed by atoms with E-state index in [4.69, 9.17) is 11.6 Å². The zero-order valence-electron chi connectivity index (χ0n) is 9.77. The second-order valence-corrected chi connectivity index (χ2v) is 4.33. The molecule has 0 saturated heterocycles. The van der Waals surface area contributed by atoms with E-state index in [9.17, 15) is 0 Å². The fourth-order valence-electron chi connectivity index (χ4n) is 1.60. The van der Waals surface area contributed by atoms with Gasteiger partial charge in [-0.25, -0.2) is 4.63 Å². The number of rotatable bonds is 4. The molecule has 2 rings (SSSR count). The van der Waals surface area contributed by atoms with Crippen molar-refractivity contribution in [1.82, 2.24) is 15.6 Å². The highest BCUT2D eigenvalue weighted by Gasteiger charge is 2.10. The second kappa shape index (κ2) is 5.29. The van der Waals surface area contributed by atoms with Gasteiger partial charge in [0.05, 0.1) is 0 Å². The van der Waals surface area contributed by atoms with Crippen LogP contribution >= 0.6 is 11.6 Å². The summed E-state index contributed by atoms with van der Waals surface area (Å²) in [7, 11) is 0. The molecule has 1 N–H and O–H groups in total. The summed E-state index contributed by atoms with van der Waals surface area (Å²) in [6, 6.07) is 7.94. The summed E-state index contributed by atoms with van der Waals surface area (Å²) in [4.78, 5) is 0. The fraction of sp³-hybridized carbons (Fsp3) is 0.333. The minimum atomic E-state index is 0.153. The number of hydrogen-bond donors (Lipinski definition) is 1. The van der Waals surface area contributed by atoms with Crippen molar-refractivity contribution in [2.24, 2.45) is 0 Å². The summed E-state index contributed by atoms with van der Waals surface area (Å²) in [6.45, 7) is 4.54. The summed E-state index contributed by atoms with van der Waals surface area (Å²) < 4.78 is 4.64. The lowest BCUT2D eigenvalue weighted by atomic mass is 10.1. The molecule has 90 valence electrons. The van der Waals surface area contributed by atoms with Crippen molar-refractivity contribution < 1.29 is 4.63 Å². The van der Waals surface area contributed by atoms with Gasteiger partial charge in [-0.15, -0.1) is 0 Å². The van der Waals surface area contributed by atoms with Crippen molar-refractivity contribution >= 4 is 11.6 Å². The number of nitrogens with zero attached hydrogens (tertiary/aromatic N) is 2. The first-order valence-electron chi connectivity index (χ1n) is 5.44. The van der Waals surface area contributed by atoms with E-state index >= 15 is 0 Å². The van der Waals surface area contributed by atoms with Gasteiger partial charge in [0.25, 0.3) is 0 Å². The summed E-state index contributed by atoms with van der Waals surface area (Å²) in [6.07, 6.45) is 0. The summed E-state index contributed by atoms with van der Waals surface area (Å²) >= 11 is 6.12. The van der Waals surface area contributed by atoms with E-state index in [1.165, 1.54) is 0 Å². The SMILES string of the molecule is Cc1nonc1CN[C@@H](C)c1ccccc1Cl. The van der Waals surface area contributed by atoms with Crippen LogP contribution in [0.1, 0.15) is 29.9 Å². The molecular formula is C12H14ClN3O. The molecule has 0 aliphatic rings. The lowest BCUT2D eigenvalue weighted by molar-refractivity contribution is 0.300. The van der Waals surface area contributed by atoms with Gasteiger partial charge < -0.3 is 5.32 Å². The van der Waals surface area contributed by atoms with Crippen LogP contribution in [-0.2, 0) is 6.54 Å². The highest BCUT2D eigenvalue weighted by atomic mass is 35.5. The predicted molar refractivity (Wildman–Crippen MR) is 65.7 cm³/mol. The smallest absolute Gasteiger partial charge is 0.121 e. The summed E-state index contributed by atoms with van der Waals surface area (Å²) in [5, 5.41) is 11.7. The first kappa shape index (κ1) is 12.1. The van der Waals surface area contributed by atoms with Gasteiger partial charge in [0.15, 0.2) is 0 Å². The van der Waals surface area contributed by atoms with Crippen molar-refractivity contribution in [2.75, 3.05) is 0 Å². The molecule has 2 aromatic rings. The zero-order valence-corrected chi connectivity index (χ0v) is 10.5. The van der Waals surface area contributed by atoms with Crippen LogP contribution in [0, 0.1) is 6.92 Å². The van der Waals surface area contributed by atoms with Gasteiger partial charge in [0, 0.05) is 17.6 Å². The highest BCUT2D eigenvalue weighted by Crippen LogP contribution is 2.22. The van der Waals surface area contributed by atoms with Gasteiger partial charge in [-0.3, -0.25) is 0 Å². The Kier molecular flexibility index (Phi) is 3.76. The van der Waals surface area contributed by atoms with E-state index in [1.807, 2.05) is 31.2 Å². The highest BCUT2D eigenvalue weighted by molar-refractivity contribution is 6.31. The molecule has 1 aromatic heterocycles. The molecule has 5 heteroatoms. The lowest BCUT2D eigenvalue weighted by Crippen LogP contribution is -2.19. The molecule has 1 heterocycles. The van der Waals surface area contributed by atoms with Crippen LogP contribution in [0.3, 0.4) is 0 Å². The molecule has 0 radical (unpaired) electrons. The van der Waals surface area contributed by atoms with E-state index in [-0.39, 0.29) is 6.04 Å². The maximum absolute atomic E-state index is 6.12. The minimum absolute atomic E-state index is 0.153. The largest absolute Gasteiger partial charge is 0.304 e. The number of hydrogen-bond acceptors (Lipinski definition) is 4. The molecule has 0 amide bonds. The Balaban J connectivity index is 2.01. The van der Waals surface area contributed by atoms with E-state index in [0.717, 1.165) is 22.0 Å². The van der Waals surface area contributed by atoms with Crippen LogP contribution in [0.15, 0.2) is 28.9 Å². The van der Waals surface area contributed by atoms with Gasteiger partial charge in [0.1, 0.15) is 11.4 Å². The van der Waals surface area contributed by atoms with E-state index < -0.39 is 0 Å². The maximum atomic E-state index is 6.12. The Hall–Kier alpha value is -1.39. The van der Waals surface area contributed by atoms with Gasteiger partial charge in [-0.1, -0.05) is 40.1 Å². The molecule has 0 aliphatic heterocycles. The normalized spacial score (nSPS) is 12.6. The van der Waals surface area contributed by atoms with Gasteiger partial charge >= 0.3 is 0 Å². The molecule has 1 aromatic carbocycles. The standard InChI is InChI=1S/C12H14ClN3O/c1-8(10-5-3-4-6-11(10)13)14-7-12-9(2)15-17-16-12/h3-6,8,14H,7H2,1-2H3/t8-/m0/s1. The Morgan fingerprint density at radius 1 is 1.35 bits per heavy atom. The summed E-state index contributed by atoms with van der Waals surface area (Å²) in [5.41, 5.74) is 2.70. The van der Waals surface area contributed by atoms with Crippen LogP contribution in [0.5, 0.6) is 0 Å². The van der Waals surface area contributed by atoms with Crippen LogP contribution in [0.25, 0.3) is 0 Å². The first-order valence-corrected chi connectivity index (χ1v) is 5.82. The Bertz CT molecular complexity index is 498. The third-order valence-electron chi connectivity index (χ3n) is 2.69. The first-order chi connectivity index (χ1) is 8.18. The van der Waals surface area contributed by atoms with Crippen LogP contribution in [0.4, 0.5) is 0 Å². The average molecular weight is 252 g/mol. The third kappa shape index (κ3) is 2.84. The van der Waals surface area contributed by atoms with E-state index in [2.05, 4.69) is 27.2 Å². The number of aromatic nitrogens is 2. The van der Waals surface area contributed by atoms with E-state index in [0.29, 0.717) is 6.54 Å². The second-order valence-electron chi connectivity index (χ2n) is 3.92. The Labute approximate surface area is 105 Å². The topological polar surface area (TPSA) is 51.0 Å². The predicted octanol–water partition coefficient (Wildman–Crippen LogP) is 2.88. The number of nitrogens with one attached hydrogen (secondary N) is 1. The fourth-order valence-corrected chi connectivity index (χ4v) is 1.90. The van der Waals surface area contributed by atoms with Crippen LogP contribution < -0.4 is 5.32 Å². The van der Waals surface area contributed by atoms with Crippen molar-refractivity contribution in [3.05, 3.63) is 46.2 Å². The lowest BCUT2D eigenvalue weighted by Gasteiger charge is -2.14. The van der Waals surface area contributed by atoms with E-state index in [1.54, 1.807) is 0 Å². The monoisotopic (exact) mass is 251 g/mol. The third-order valence-corrected chi connectivity index (χ3v) is 3.04. The molecule has 17 heavy (non-hydrogen) atoms. The van der Waals surface area contributed by atoms with Crippen molar-refractivity contribution in [1.29, 1.82) is 0 Å². The molecule has 4 nitrogen and oxygen atoms in total. The Morgan fingerprint density at radius 2 is 2.12 bits per heavy atom. The molecular weight excluding hydrogens is 238 g/mol. The summed E-state index contributed by atoms with van der Waals surface area (Å²) in [5.74, 6) is 0. The number of benzene rings is 1. The van der Waals surface area contributed by atoms with Gasteiger partial charge in [0.2, 0.25) is 0 Å². The molecule has 1 atom stereocenters. The molecule has 0 spiro atoms. The van der Waals surface area contributed by atoms with Gasteiger partial charge in [-0.2, -0.15) is 0 Å². The zero-order chi connectivity index (χ0) is 12.3. The van der Waals surface area contributed by atoms with Crippen molar-refractivity contribution in [3.63, 3.8) is 0 Å². The maximum Gasteiger partial charge on any atom is 0.121 e. The average Bonchev–Trinajstić information content (AvgIpc) is 2.72. The molecule has 0 bridgehead atoms.